The molecule has 0 aromatic heterocycles. The number of amides is 1. The van der Waals surface area contributed by atoms with Gasteiger partial charge in [0.25, 0.3) is 5.91 Å². The summed E-state index contributed by atoms with van der Waals surface area (Å²) < 4.78 is 0.906. The van der Waals surface area contributed by atoms with Crippen molar-refractivity contribution >= 4 is 33.6 Å². The molecule has 2 rings (SSSR count). The van der Waals surface area contributed by atoms with E-state index < -0.39 is 0 Å². The van der Waals surface area contributed by atoms with Crippen LogP contribution in [0.5, 0.6) is 0 Å². The number of aryl methyl sites for hydroxylation is 1. The molecule has 104 valence electrons. The lowest BCUT2D eigenvalue weighted by molar-refractivity contribution is 0.0761. The fourth-order valence-electron chi connectivity index (χ4n) is 2.47. The molecule has 0 spiro atoms. The Kier molecular flexibility index (Phi) is 5.34. The zero-order valence-electron chi connectivity index (χ0n) is 11.5. The van der Waals surface area contributed by atoms with Crippen molar-refractivity contribution in [3.05, 3.63) is 33.8 Å². The number of carbonyl (C=O) groups excluding carboxylic acids is 1. The Morgan fingerprint density at radius 2 is 2.16 bits per heavy atom. The van der Waals surface area contributed by atoms with Gasteiger partial charge in [-0.2, -0.15) is 11.8 Å². The lowest BCUT2D eigenvalue weighted by Gasteiger charge is -2.21. The van der Waals surface area contributed by atoms with Crippen LogP contribution in [0.1, 0.15) is 35.2 Å². The highest BCUT2D eigenvalue weighted by molar-refractivity contribution is 9.10. The number of hydrogen-bond acceptors (Lipinski definition) is 2. The topological polar surface area (TPSA) is 20.3 Å². The third-order valence-corrected chi connectivity index (χ3v) is 5.44. The van der Waals surface area contributed by atoms with Crippen LogP contribution in [0.15, 0.2) is 22.7 Å². The zero-order chi connectivity index (χ0) is 13.8. The van der Waals surface area contributed by atoms with Crippen molar-refractivity contribution < 1.29 is 4.79 Å². The van der Waals surface area contributed by atoms with Gasteiger partial charge in [-0.3, -0.25) is 4.79 Å². The molecule has 1 aromatic rings. The van der Waals surface area contributed by atoms with E-state index >= 15 is 0 Å². The molecule has 1 unspecified atom stereocenters. The van der Waals surface area contributed by atoms with Crippen LogP contribution < -0.4 is 0 Å². The predicted molar refractivity (Wildman–Crippen MR) is 85.9 cm³/mol. The lowest BCUT2D eigenvalue weighted by atomic mass is 10.1. The number of likely N-dealkylation sites (tertiary alicyclic amines) is 1. The molecule has 1 aliphatic heterocycles. The first kappa shape index (κ1) is 14.9. The molecular weight excluding hydrogens is 322 g/mol. The summed E-state index contributed by atoms with van der Waals surface area (Å²) >= 11 is 5.43. The molecule has 0 bridgehead atoms. The summed E-state index contributed by atoms with van der Waals surface area (Å²) in [6.45, 7) is 3.80. The largest absolute Gasteiger partial charge is 0.339 e. The second-order valence-electron chi connectivity index (χ2n) is 5.06. The van der Waals surface area contributed by atoms with Gasteiger partial charge in [-0.25, -0.2) is 0 Å². The normalized spacial score (nSPS) is 20.2. The first-order valence-corrected chi connectivity index (χ1v) is 8.78. The van der Waals surface area contributed by atoms with Crippen molar-refractivity contribution in [1.82, 2.24) is 4.90 Å². The van der Waals surface area contributed by atoms with Gasteiger partial charge in [-0.15, -0.1) is 0 Å². The van der Waals surface area contributed by atoms with Crippen molar-refractivity contribution in [3.63, 3.8) is 0 Å². The molecule has 2 nitrogen and oxygen atoms in total. The van der Waals surface area contributed by atoms with Crippen LogP contribution >= 0.6 is 27.7 Å². The number of hydrogen-bond donors (Lipinski definition) is 0. The zero-order valence-corrected chi connectivity index (χ0v) is 13.9. The van der Waals surface area contributed by atoms with Crippen LogP contribution in [0.3, 0.4) is 0 Å². The molecule has 1 saturated heterocycles. The van der Waals surface area contributed by atoms with Crippen molar-refractivity contribution in [2.24, 2.45) is 0 Å². The van der Waals surface area contributed by atoms with E-state index in [4.69, 9.17) is 0 Å². The van der Waals surface area contributed by atoms with Gasteiger partial charge in [0, 0.05) is 22.8 Å². The van der Waals surface area contributed by atoms with Gasteiger partial charge in [0.15, 0.2) is 0 Å². The molecule has 1 atom stereocenters. The van der Waals surface area contributed by atoms with Crippen LogP contribution in [0.4, 0.5) is 0 Å². The third-order valence-electron chi connectivity index (χ3n) is 3.65. The quantitative estimate of drug-likeness (QED) is 0.806. The molecular formula is C15H20BrNOS. The van der Waals surface area contributed by atoms with Crippen LogP contribution in [-0.4, -0.2) is 35.4 Å². The molecule has 1 heterocycles. The van der Waals surface area contributed by atoms with Crippen molar-refractivity contribution in [2.75, 3.05) is 19.3 Å². The number of nitrogens with zero attached hydrogens (tertiary/aromatic N) is 1. The summed E-state index contributed by atoms with van der Waals surface area (Å²) in [5, 5.41) is 0.708. The van der Waals surface area contributed by atoms with E-state index in [0.717, 1.165) is 36.0 Å². The predicted octanol–water partition coefficient (Wildman–Crippen LogP) is 4.12. The molecule has 1 amide bonds. The Morgan fingerprint density at radius 3 is 2.84 bits per heavy atom. The summed E-state index contributed by atoms with van der Waals surface area (Å²) in [5.74, 6) is 0.161. The highest BCUT2D eigenvalue weighted by Gasteiger charge is 2.22. The van der Waals surface area contributed by atoms with E-state index in [1.165, 1.54) is 12.0 Å². The molecule has 1 aromatic carbocycles. The average Bonchev–Trinajstić information content (AvgIpc) is 2.63. The molecule has 0 saturated carbocycles. The van der Waals surface area contributed by atoms with Crippen LogP contribution in [-0.2, 0) is 0 Å². The third kappa shape index (κ3) is 3.76. The minimum absolute atomic E-state index is 0.161. The Morgan fingerprint density at radius 1 is 1.37 bits per heavy atom. The summed E-state index contributed by atoms with van der Waals surface area (Å²) in [5.41, 5.74) is 1.95. The molecule has 0 radical (unpaired) electrons. The van der Waals surface area contributed by atoms with Crippen molar-refractivity contribution in [3.8, 4) is 0 Å². The highest BCUT2D eigenvalue weighted by atomic mass is 79.9. The maximum atomic E-state index is 12.6. The monoisotopic (exact) mass is 341 g/mol. The van der Waals surface area contributed by atoms with Crippen molar-refractivity contribution in [2.45, 2.75) is 31.4 Å². The number of benzene rings is 1. The second kappa shape index (κ2) is 6.80. The smallest absolute Gasteiger partial charge is 0.254 e. The lowest BCUT2D eigenvalue weighted by Crippen LogP contribution is -2.32. The van der Waals surface area contributed by atoms with E-state index in [1.54, 1.807) is 0 Å². The number of thioether (sulfide) groups is 1. The number of halogens is 1. The SMILES string of the molecule is CSC1CCCN(C(=O)c2ccc(C)cc2Br)CC1. The van der Waals surface area contributed by atoms with Crippen molar-refractivity contribution in [1.29, 1.82) is 0 Å². The minimum Gasteiger partial charge on any atom is -0.339 e. The second-order valence-corrected chi connectivity index (χ2v) is 7.06. The summed E-state index contributed by atoms with van der Waals surface area (Å²) in [6, 6.07) is 5.94. The van der Waals surface area contributed by atoms with E-state index in [9.17, 15) is 4.79 Å². The minimum atomic E-state index is 0.161. The van der Waals surface area contributed by atoms with Gasteiger partial charge >= 0.3 is 0 Å². The maximum absolute atomic E-state index is 12.6. The first-order valence-electron chi connectivity index (χ1n) is 6.70. The molecule has 0 aliphatic carbocycles. The maximum Gasteiger partial charge on any atom is 0.254 e. The van der Waals surface area contributed by atoms with Gasteiger partial charge < -0.3 is 4.90 Å². The van der Waals surface area contributed by atoms with E-state index in [1.807, 2.05) is 41.8 Å². The van der Waals surface area contributed by atoms with Gasteiger partial charge in [-0.1, -0.05) is 6.07 Å². The van der Waals surface area contributed by atoms with Gasteiger partial charge in [0.1, 0.15) is 0 Å². The highest BCUT2D eigenvalue weighted by Crippen LogP contribution is 2.24. The van der Waals surface area contributed by atoms with Gasteiger partial charge in [-0.05, 0) is 66.1 Å². The van der Waals surface area contributed by atoms with Gasteiger partial charge in [0.2, 0.25) is 0 Å². The Hall–Kier alpha value is -0.480. The molecule has 19 heavy (non-hydrogen) atoms. The Labute approximate surface area is 128 Å². The number of rotatable bonds is 2. The summed E-state index contributed by atoms with van der Waals surface area (Å²) in [7, 11) is 0. The fraction of sp³-hybridized carbons (Fsp3) is 0.533. The summed E-state index contributed by atoms with van der Waals surface area (Å²) in [6.07, 6.45) is 5.61. The number of carbonyl (C=O) groups is 1. The first-order chi connectivity index (χ1) is 9.11. The fourth-order valence-corrected chi connectivity index (χ4v) is 3.87. The standard InChI is InChI=1S/C15H20BrNOS/c1-11-5-6-13(14(16)10-11)15(18)17-8-3-4-12(19-2)7-9-17/h5-6,10,12H,3-4,7-9H2,1-2H3. The van der Waals surface area contributed by atoms with E-state index in [0.29, 0.717) is 5.25 Å². The summed E-state index contributed by atoms with van der Waals surface area (Å²) in [4.78, 5) is 14.6. The molecule has 1 aliphatic rings. The average molecular weight is 342 g/mol. The van der Waals surface area contributed by atoms with E-state index in [2.05, 4.69) is 22.2 Å². The van der Waals surface area contributed by atoms with Crippen LogP contribution in [0, 0.1) is 6.92 Å². The van der Waals surface area contributed by atoms with Crippen LogP contribution in [0.25, 0.3) is 0 Å². The van der Waals surface area contributed by atoms with E-state index in [-0.39, 0.29) is 5.91 Å². The molecule has 4 heteroatoms. The van der Waals surface area contributed by atoms with Gasteiger partial charge in [0.05, 0.1) is 5.56 Å². The Bertz CT molecular complexity index is 463. The molecule has 0 N–H and O–H groups in total. The molecule has 1 fully saturated rings. The Balaban J connectivity index is 2.10. The van der Waals surface area contributed by atoms with Crippen LogP contribution in [0.2, 0.25) is 0 Å².